The van der Waals surface area contributed by atoms with Crippen molar-refractivity contribution in [2.45, 2.75) is 6.54 Å². The molecular weight excluding hydrogens is 318 g/mol. The number of aromatic nitrogens is 2. The summed E-state index contributed by atoms with van der Waals surface area (Å²) >= 11 is 0. The molecule has 25 heavy (non-hydrogen) atoms. The van der Waals surface area contributed by atoms with Crippen LogP contribution in [0.3, 0.4) is 0 Å². The predicted octanol–water partition coefficient (Wildman–Crippen LogP) is 3.75. The van der Waals surface area contributed by atoms with Crippen molar-refractivity contribution in [2.75, 3.05) is 17.2 Å². The van der Waals surface area contributed by atoms with E-state index < -0.39 is 4.92 Å². The van der Waals surface area contributed by atoms with Gasteiger partial charge in [-0.15, -0.1) is 6.58 Å². The Labute approximate surface area is 144 Å². The highest BCUT2D eigenvalue weighted by Gasteiger charge is 2.13. The van der Waals surface area contributed by atoms with Crippen molar-refractivity contribution in [3.63, 3.8) is 0 Å². The van der Waals surface area contributed by atoms with Crippen LogP contribution in [-0.4, -0.2) is 21.4 Å². The van der Waals surface area contributed by atoms with Crippen molar-refractivity contribution in [2.24, 2.45) is 0 Å². The molecule has 0 aliphatic carbocycles. The molecule has 2 aromatic carbocycles. The van der Waals surface area contributed by atoms with Crippen molar-refractivity contribution >= 4 is 28.4 Å². The predicted molar refractivity (Wildman–Crippen MR) is 98.6 cm³/mol. The molecule has 0 fully saturated rings. The SMILES string of the molecule is C=CCNc1nc(NCc2ccccc2)c2cc([N+](=O)[O-])ccc2n1. The smallest absolute Gasteiger partial charge is 0.270 e. The average Bonchev–Trinajstić information content (AvgIpc) is 2.64. The first-order valence-corrected chi connectivity index (χ1v) is 7.76. The van der Waals surface area contributed by atoms with E-state index >= 15 is 0 Å². The molecule has 0 bridgehead atoms. The lowest BCUT2D eigenvalue weighted by Crippen LogP contribution is -2.08. The standard InChI is InChI=1S/C18H17N5O2/c1-2-10-19-18-21-16-9-8-14(23(24)25)11-15(16)17(22-18)20-12-13-6-4-3-5-7-13/h2-9,11H,1,10,12H2,(H2,19,20,21,22). The minimum absolute atomic E-state index is 0.00524. The molecule has 1 aromatic heterocycles. The van der Waals surface area contributed by atoms with Crippen molar-refractivity contribution in [3.8, 4) is 0 Å². The molecule has 0 saturated carbocycles. The van der Waals surface area contributed by atoms with Gasteiger partial charge in [0.2, 0.25) is 5.95 Å². The van der Waals surface area contributed by atoms with E-state index in [2.05, 4.69) is 27.2 Å². The summed E-state index contributed by atoms with van der Waals surface area (Å²) in [6, 6.07) is 14.4. The Morgan fingerprint density at radius 1 is 1.12 bits per heavy atom. The number of rotatable bonds is 7. The number of non-ortho nitro benzene ring substituents is 1. The van der Waals surface area contributed by atoms with Gasteiger partial charge in [-0.1, -0.05) is 36.4 Å². The molecule has 3 aromatic rings. The zero-order valence-electron chi connectivity index (χ0n) is 13.5. The van der Waals surface area contributed by atoms with E-state index in [-0.39, 0.29) is 5.69 Å². The molecule has 0 unspecified atom stereocenters. The number of nitro groups is 1. The molecule has 7 nitrogen and oxygen atoms in total. The lowest BCUT2D eigenvalue weighted by molar-refractivity contribution is -0.384. The molecule has 0 atom stereocenters. The van der Waals surface area contributed by atoms with Gasteiger partial charge in [-0.3, -0.25) is 10.1 Å². The van der Waals surface area contributed by atoms with Crippen LogP contribution in [0.5, 0.6) is 0 Å². The van der Waals surface area contributed by atoms with E-state index in [1.165, 1.54) is 12.1 Å². The van der Waals surface area contributed by atoms with E-state index in [0.29, 0.717) is 35.8 Å². The zero-order valence-corrected chi connectivity index (χ0v) is 13.5. The second-order valence-corrected chi connectivity index (χ2v) is 5.36. The van der Waals surface area contributed by atoms with Gasteiger partial charge in [0.1, 0.15) is 5.82 Å². The van der Waals surface area contributed by atoms with Gasteiger partial charge < -0.3 is 10.6 Å². The lowest BCUT2D eigenvalue weighted by atomic mass is 10.2. The molecule has 7 heteroatoms. The Balaban J connectivity index is 1.99. The summed E-state index contributed by atoms with van der Waals surface area (Å²) in [4.78, 5) is 19.5. The highest BCUT2D eigenvalue weighted by Crippen LogP contribution is 2.26. The van der Waals surface area contributed by atoms with Gasteiger partial charge >= 0.3 is 0 Å². The fraction of sp³-hybridized carbons (Fsp3) is 0.111. The molecule has 0 spiro atoms. The Bertz CT molecular complexity index is 912. The first-order valence-electron chi connectivity index (χ1n) is 7.76. The first-order chi connectivity index (χ1) is 12.2. The number of nitro benzene ring substituents is 1. The Morgan fingerprint density at radius 2 is 1.92 bits per heavy atom. The second-order valence-electron chi connectivity index (χ2n) is 5.36. The number of hydrogen-bond acceptors (Lipinski definition) is 6. The number of fused-ring (bicyclic) bond motifs is 1. The monoisotopic (exact) mass is 335 g/mol. The Morgan fingerprint density at radius 3 is 2.64 bits per heavy atom. The normalized spacial score (nSPS) is 10.4. The van der Waals surface area contributed by atoms with Crippen LogP contribution in [0, 0.1) is 10.1 Å². The van der Waals surface area contributed by atoms with Crippen LogP contribution in [0.1, 0.15) is 5.56 Å². The largest absolute Gasteiger partial charge is 0.365 e. The van der Waals surface area contributed by atoms with Crippen molar-refractivity contribution in [3.05, 3.63) is 76.9 Å². The summed E-state index contributed by atoms with van der Waals surface area (Å²) in [7, 11) is 0. The third kappa shape index (κ3) is 3.89. The summed E-state index contributed by atoms with van der Waals surface area (Å²) in [6.07, 6.45) is 1.71. The quantitative estimate of drug-likeness (QED) is 0.388. The summed E-state index contributed by atoms with van der Waals surface area (Å²) in [6.45, 7) is 4.74. The number of nitrogens with zero attached hydrogens (tertiary/aromatic N) is 3. The van der Waals surface area contributed by atoms with E-state index in [1.54, 1.807) is 12.1 Å². The summed E-state index contributed by atoms with van der Waals surface area (Å²) < 4.78 is 0. The molecule has 0 amide bonds. The highest BCUT2D eigenvalue weighted by molar-refractivity contribution is 5.91. The average molecular weight is 335 g/mol. The van der Waals surface area contributed by atoms with E-state index in [9.17, 15) is 10.1 Å². The Hall–Kier alpha value is -3.48. The van der Waals surface area contributed by atoms with Crippen LogP contribution in [0.2, 0.25) is 0 Å². The van der Waals surface area contributed by atoms with Gasteiger partial charge in [-0.2, -0.15) is 4.98 Å². The molecule has 0 aliphatic heterocycles. The van der Waals surface area contributed by atoms with E-state index in [4.69, 9.17) is 0 Å². The summed E-state index contributed by atoms with van der Waals surface area (Å²) in [5, 5.41) is 18.0. The third-order valence-corrected chi connectivity index (χ3v) is 3.60. The molecule has 0 aliphatic rings. The maximum atomic E-state index is 11.1. The molecule has 0 radical (unpaired) electrons. The zero-order chi connectivity index (χ0) is 17.6. The molecule has 126 valence electrons. The minimum Gasteiger partial charge on any atom is -0.365 e. The highest BCUT2D eigenvalue weighted by atomic mass is 16.6. The molecule has 2 N–H and O–H groups in total. The van der Waals surface area contributed by atoms with Crippen LogP contribution in [0.15, 0.2) is 61.2 Å². The van der Waals surface area contributed by atoms with Gasteiger partial charge in [0, 0.05) is 30.6 Å². The van der Waals surface area contributed by atoms with Crippen LogP contribution in [0.25, 0.3) is 10.9 Å². The van der Waals surface area contributed by atoms with Crippen LogP contribution >= 0.6 is 0 Å². The summed E-state index contributed by atoms with van der Waals surface area (Å²) in [5.41, 5.74) is 1.72. The maximum Gasteiger partial charge on any atom is 0.270 e. The molecule has 0 saturated heterocycles. The molecular formula is C18H17N5O2. The lowest BCUT2D eigenvalue weighted by Gasteiger charge is -2.11. The molecule has 3 rings (SSSR count). The minimum atomic E-state index is -0.426. The second kappa shape index (κ2) is 7.39. The van der Waals surface area contributed by atoms with Gasteiger partial charge in [0.25, 0.3) is 5.69 Å². The van der Waals surface area contributed by atoms with Crippen LogP contribution < -0.4 is 10.6 Å². The van der Waals surface area contributed by atoms with Crippen LogP contribution in [-0.2, 0) is 6.54 Å². The first kappa shape index (κ1) is 16.4. The van der Waals surface area contributed by atoms with Gasteiger partial charge in [-0.05, 0) is 11.6 Å². The summed E-state index contributed by atoms with van der Waals surface area (Å²) in [5.74, 6) is 0.987. The van der Waals surface area contributed by atoms with Gasteiger partial charge in [-0.25, -0.2) is 4.98 Å². The van der Waals surface area contributed by atoms with Gasteiger partial charge in [0.15, 0.2) is 0 Å². The fourth-order valence-corrected chi connectivity index (χ4v) is 2.39. The van der Waals surface area contributed by atoms with Gasteiger partial charge in [0.05, 0.1) is 10.4 Å². The van der Waals surface area contributed by atoms with Crippen LogP contribution in [0.4, 0.5) is 17.5 Å². The Kier molecular flexibility index (Phi) is 4.84. The van der Waals surface area contributed by atoms with E-state index in [1.807, 2.05) is 30.3 Å². The fourth-order valence-electron chi connectivity index (χ4n) is 2.39. The topological polar surface area (TPSA) is 93.0 Å². The van der Waals surface area contributed by atoms with E-state index in [0.717, 1.165) is 5.56 Å². The third-order valence-electron chi connectivity index (χ3n) is 3.60. The number of hydrogen-bond donors (Lipinski definition) is 2. The molecule has 1 heterocycles. The van der Waals surface area contributed by atoms with Crippen molar-refractivity contribution < 1.29 is 4.92 Å². The number of benzene rings is 2. The number of nitrogens with one attached hydrogen (secondary N) is 2. The van der Waals surface area contributed by atoms with Crippen molar-refractivity contribution in [1.29, 1.82) is 0 Å². The number of anilines is 2. The maximum absolute atomic E-state index is 11.1. The van der Waals surface area contributed by atoms with Crippen molar-refractivity contribution in [1.82, 2.24) is 9.97 Å².